The molecule has 0 bridgehead atoms. The molecule has 2 nitrogen and oxygen atoms in total. The fourth-order valence-electron chi connectivity index (χ4n) is 2.38. The van der Waals surface area contributed by atoms with Crippen LogP contribution in [-0.2, 0) is 0 Å². The molecule has 0 saturated carbocycles. The van der Waals surface area contributed by atoms with Crippen molar-refractivity contribution in [3.63, 3.8) is 0 Å². The Hall–Kier alpha value is -0.540. The lowest BCUT2D eigenvalue weighted by Crippen LogP contribution is -2.22. The summed E-state index contributed by atoms with van der Waals surface area (Å²) in [5.74, 6) is 0.863. The zero-order valence-electron chi connectivity index (χ0n) is 10.7. The molecule has 1 N–H and O–H groups in total. The first-order valence-electron chi connectivity index (χ1n) is 6.35. The van der Waals surface area contributed by atoms with Gasteiger partial charge in [-0.1, -0.05) is 6.07 Å². The van der Waals surface area contributed by atoms with Gasteiger partial charge in [0.05, 0.1) is 5.69 Å². The molecule has 1 saturated heterocycles. The molecule has 1 atom stereocenters. The fraction of sp³-hybridized carbons (Fsp3) is 0.571. The summed E-state index contributed by atoms with van der Waals surface area (Å²) in [6.07, 6.45) is 2.62. The van der Waals surface area contributed by atoms with E-state index in [9.17, 15) is 0 Å². The van der Waals surface area contributed by atoms with E-state index in [0.717, 1.165) is 12.5 Å². The summed E-state index contributed by atoms with van der Waals surface area (Å²) >= 11 is 3.65. The molecular weight excluding hydrogens is 276 g/mol. The topological polar surface area (TPSA) is 15.3 Å². The Bertz CT molecular complexity index is 372. The monoisotopic (exact) mass is 296 g/mol. The van der Waals surface area contributed by atoms with Gasteiger partial charge in [0, 0.05) is 18.1 Å². The highest BCUT2D eigenvalue weighted by Crippen LogP contribution is 2.27. The van der Waals surface area contributed by atoms with E-state index in [1.165, 1.54) is 41.7 Å². The Morgan fingerprint density at radius 2 is 2.29 bits per heavy atom. The normalized spacial score (nSPS) is 19.6. The second kappa shape index (κ2) is 5.87. The summed E-state index contributed by atoms with van der Waals surface area (Å²) in [5.41, 5.74) is 2.59. The Kier molecular flexibility index (Phi) is 4.46. The van der Waals surface area contributed by atoms with Crippen molar-refractivity contribution in [2.45, 2.75) is 19.8 Å². The lowest BCUT2D eigenvalue weighted by Gasteiger charge is -2.22. The molecule has 94 valence electrons. The molecule has 1 aromatic carbocycles. The number of hydrogen-bond donors (Lipinski definition) is 1. The van der Waals surface area contributed by atoms with Crippen LogP contribution >= 0.6 is 15.9 Å². The number of hydrogen-bond acceptors (Lipinski definition) is 2. The summed E-state index contributed by atoms with van der Waals surface area (Å²) in [5, 5.41) is 3.43. The molecule has 1 heterocycles. The molecule has 1 unspecified atom stereocenters. The standard InChI is InChI=1S/C14H21BrN2/c1-11-3-4-14(13(15)9-11)17(2)8-6-12-5-7-16-10-12/h3-4,9,12,16H,5-8,10H2,1-2H3. The maximum atomic E-state index is 3.65. The third-order valence-corrected chi connectivity index (χ3v) is 4.18. The molecule has 1 aliphatic rings. The number of rotatable bonds is 4. The SMILES string of the molecule is Cc1ccc(N(C)CCC2CCNC2)c(Br)c1. The van der Waals surface area contributed by atoms with E-state index in [-0.39, 0.29) is 0 Å². The minimum Gasteiger partial charge on any atom is -0.374 e. The minimum atomic E-state index is 0.863. The molecule has 1 aromatic rings. The number of halogens is 1. The van der Waals surface area contributed by atoms with E-state index >= 15 is 0 Å². The van der Waals surface area contributed by atoms with Gasteiger partial charge in [0.15, 0.2) is 0 Å². The maximum absolute atomic E-state index is 3.65. The Balaban J connectivity index is 1.91. The van der Waals surface area contributed by atoms with E-state index in [1.807, 2.05) is 0 Å². The van der Waals surface area contributed by atoms with Crippen molar-refractivity contribution >= 4 is 21.6 Å². The highest BCUT2D eigenvalue weighted by Gasteiger charge is 2.15. The number of nitrogens with one attached hydrogen (secondary N) is 1. The zero-order valence-corrected chi connectivity index (χ0v) is 12.3. The molecule has 1 aliphatic heterocycles. The molecule has 0 spiro atoms. The number of anilines is 1. The van der Waals surface area contributed by atoms with Crippen molar-refractivity contribution < 1.29 is 0 Å². The predicted octanol–water partition coefficient (Wildman–Crippen LogP) is 3.19. The van der Waals surface area contributed by atoms with Crippen molar-refractivity contribution in [3.8, 4) is 0 Å². The van der Waals surface area contributed by atoms with E-state index in [0.29, 0.717) is 0 Å². The Labute approximate surface area is 113 Å². The van der Waals surface area contributed by atoms with Crippen molar-refractivity contribution in [1.82, 2.24) is 5.32 Å². The van der Waals surface area contributed by atoms with E-state index in [4.69, 9.17) is 0 Å². The molecular formula is C14H21BrN2. The van der Waals surface area contributed by atoms with Crippen LogP contribution in [-0.4, -0.2) is 26.7 Å². The quantitative estimate of drug-likeness (QED) is 0.918. The highest BCUT2D eigenvalue weighted by atomic mass is 79.9. The van der Waals surface area contributed by atoms with Gasteiger partial charge in [0.2, 0.25) is 0 Å². The van der Waals surface area contributed by atoms with E-state index in [2.05, 4.69) is 58.3 Å². The zero-order chi connectivity index (χ0) is 12.3. The number of nitrogens with zero attached hydrogens (tertiary/aromatic N) is 1. The van der Waals surface area contributed by atoms with Crippen LogP contribution in [0.4, 0.5) is 5.69 Å². The summed E-state index contributed by atoms with van der Waals surface area (Å²) < 4.78 is 1.20. The van der Waals surface area contributed by atoms with Gasteiger partial charge in [-0.05, 0) is 72.4 Å². The minimum absolute atomic E-state index is 0.863. The maximum Gasteiger partial charge on any atom is 0.0508 e. The van der Waals surface area contributed by atoms with E-state index < -0.39 is 0 Å². The fourth-order valence-corrected chi connectivity index (χ4v) is 3.17. The number of aryl methyl sites for hydroxylation is 1. The van der Waals surface area contributed by atoms with Crippen LogP contribution in [0.25, 0.3) is 0 Å². The largest absolute Gasteiger partial charge is 0.374 e. The van der Waals surface area contributed by atoms with Crippen LogP contribution in [0.1, 0.15) is 18.4 Å². The smallest absolute Gasteiger partial charge is 0.0508 e. The molecule has 2 rings (SSSR count). The van der Waals surface area contributed by atoms with Crippen molar-refractivity contribution in [3.05, 3.63) is 28.2 Å². The summed E-state index contributed by atoms with van der Waals surface area (Å²) in [7, 11) is 2.18. The average Bonchev–Trinajstić information content (AvgIpc) is 2.78. The van der Waals surface area contributed by atoms with Gasteiger partial charge in [0.1, 0.15) is 0 Å². The van der Waals surface area contributed by atoms with Crippen molar-refractivity contribution in [2.24, 2.45) is 5.92 Å². The lowest BCUT2D eigenvalue weighted by molar-refractivity contribution is 0.533. The second-order valence-corrected chi connectivity index (χ2v) is 5.88. The van der Waals surface area contributed by atoms with Crippen LogP contribution in [0.5, 0.6) is 0 Å². The molecule has 0 radical (unpaired) electrons. The van der Waals surface area contributed by atoms with Gasteiger partial charge in [-0.25, -0.2) is 0 Å². The van der Waals surface area contributed by atoms with Crippen molar-refractivity contribution in [1.29, 1.82) is 0 Å². The molecule has 0 aliphatic carbocycles. The summed E-state index contributed by atoms with van der Waals surface area (Å²) in [6, 6.07) is 6.56. The Morgan fingerprint density at radius 1 is 1.47 bits per heavy atom. The Morgan fingerprint density at radius 3 is 2.94 bits per heavy atom. The van der Waals surface area contributed by atoms with Crippen LogP contribution < -0.4 is 10.2 Å². The van der Waals surface area contributed by atoms with Crippen LogP contribution in [0.15, 0.2) is 22.7 Å². The van der Waals surface area contributed by atoms with E-state index in [1.54, 1.807) is 0 Å². The van der Waals surface area contributed by atoms with Gasteiger partial charge < -0.3 is 10.2 Å². The third kappa shape index (κ3) is 3.46. The van der Waals surface area contributed by atoms with Crippen LogP contribution in [0.3, 0.4) is 0 Å². The first-order valence-corrected chi connectivity index (χ1v) is 7.14. The van der Waals surface area contributed by atoms with Gasteiger partial charge in [-0.2, -0.15) is 0 Å². The van der Waals surface area contributed by atoms with Gasteiger partial charge in [-0.3, -0.25) is 0 Å². The summed E-state index contributed by atoms with van der Waals surface area (Å²) in [6.45, 7) is 5.65. The number of benzene rings is 1. The highest BCUT2D eigenvalue weighted by molar-refractivity contribution is 9.10. The lowest BCUT2D eigenvalue weighted by atomic mass is 10.0. The van der Waals surface area contributed by atoms with Crippen LogP contribution in [0, 0.1) is 12.8 Å². The average molecular weight is 297 g/mol. The first-order chi connectivity index (χ1) is 8.16. The third-order valence-electron chi connectivity index (χ3n) is 3.55. The first kappa shape index (κ1) is 12.9. The molecule has 1 fully saturated rings. The van der Waals surface area contributed by atoms with Gasteiger partial charge in [0.25, 0.3) is 0 Å². The predicted molar refractivity (Wildman–Crippen MR) is 77.7 cm³/mol. The van der Waals surface area contributed by atoms with Crippen LogP contribution in [0.2, 0.25) is 0 Å². The molecule has 17 heavy (non-hydrogen) atoms. The molecule has 3 heteroatoms. The molecule has 0 amide bonds. The van der Waals surface area contributed by atoms with Gasteiger partial charge >= 0.3 is 0 Å². The summed E-state index contributed by atoms with van der Waals surface area (Å²) in [4.78, 5) is 2.35. The van der Waals surface area contributed by atoms with Gasteiger partial charge in [-0.15, -0.1) is 0 Å². The second-order valence-electron chi connectivity index (χ2n) is 5.02. The molecule has 0 aromatic heterocycles. The van der Waals surface area contributed by atoms with Crippen molar-refractivity contribution in [2.75, 3.05) is 31.6 Å².